The van der Waals surface area contributed by atoms with Crippen LogP contribution in [0.2, 0.25) is 0 Å². The molecule has 4 heteroatoms. The van der Waals surface area contributed by atoms with Gasteiger partial charge in [0.05, 0.1) is 7.11 Å². The molecule has 0 aromatic heterocycles. The molecule has 12 heavy (non-hydrogen) atoms. The summed E-state index contributed by atoms with van der Waals surface area (Å²) in [6.07, 6.45) is 0.0737. The number of nitrogens with two attached hydrogens (primary N) is 1. The normalized spacial score (nSPS) is 39.8. The number of carbonyl (C=O) groups excluding carboxylic acids is 1. The fraction of sp³-hybridized carbons (Fsp3) is 0.875. The highest BCUT2D eigenvalue weighted by Crippen LogP contribution is 2.54. The van der Waals surface area contributed by atoms with Crippen LogP contribution in [0.1, 0.15) is 20.3 Å². The summed E-state index contributed by atoms with van der Waals surface area (Å²) in [5.74, 6) is -0.902. The zero-order valence-electron chi connectivity index (χ0n) is 7.56. The largest absolute Gasteiger partial charge is 0.468 e. The summed E-state index contributed by atoms with van der Waals surface area (Å²) in [4.78, 5) is 11.0. The van der Waals surface area contributed by atoms with Crippen LogP contribution in [-0.2, 0) is 9.53 Å². The molecule has 0 heterocycles. The first-order valence-electron chi connectivity index (χ1n) is 3.94. The molecule has 0 bridgehead atoms. The molecule has 1 fully saturated rings. The molecule has 1 aliphatic rings. The highest BCUT2D eigenvalue weighted by atomic mass is 19.1. The Morgan fingerprint density at radius 3 is 2.42 bits per heavy atom. The van der Waals surface area contributed by atoms with Gasteiger partial charge in [-0.2, -0.15) is 0 Å². The van der Waals surface area contributed by atoms with Crippen LogP contribution >= 0.6 is 0 Å². The first-order valence-corrected chi connectivity index (χ1v) is 3.94. The van der Waals surface area contributed by atoms with Crippen LogP contribution in [-0.4, -0.2) is 24.3 Å². The van der Waals surface area contributed by atoms with Crippen LogP contribution in [0.4, 0.5) is 4.39 Å². The lowest BCUT2D eigenvalue weighted by Gasteiger charge is -2.16. The molecule has 0 saturated heterocycles. The first kappa shape index (κ1) is 9.45. The van der Waals surface area contributed by atoms with Gasteiger partial charge in [0, 0.05) is 6.42 Å². The third-order valence-corrected chi connectivity index (χ3v) is 2.62. The van der Waals surface area contributed by atoms with E-state index in [0.29, 0.717) is 0 Å². The number of ether oxygens (including phenoxy) is 1. The molecule has 2 N–H and O–H groups in total. The summed E-state index contributed by atoms with van der Waals surface area (Å²) in [6, 6.07) is 0. The van der Waals surface area contributed by atoms with Crippen LogP contribution in [0.15, 0.2) is 0 Å². The van der Waals surface area contributed by atoms with Gasteiger partial charge in [0.2, 0.25) is 0 Å². The van der Waals surface area contributed by atoms with E-state index < -0.39 is 17.2 Å². The van der Waals surface area contributed by atoms with E-state index in [1.807, 2.05) is 0 Å². The maximum Gasteiger partial charge on any atom is 0.329 e. The Labute approximate surface area is 71.1 Å². The van der Waals surface area contributed by atoms with Crippen LogP contribution in [0.3, 0.4) is 0 Å². The monoisotopic (exact) mass is 175 g/mol. The molecule has 3 nitrogen and oxygen atoms in total. The van der Waals surface area contributed by atoms with Crippen molar-refractivity contribution in [3.8, 4) is 0 Å². The third-order valence-electron chi connectivity index (χ3n) is 2.62. The van der Waals surface area contributed by atoms with Gasteiger partial charge in [-0.1, -0.05) is 13.8 Å². The van der Waals surface area contributed by atoms with Crippen molar-refractivity contribution >= 4 is 5.97 Å². The quantitative estimate of drug-likeness (QED) is 0.626. The van der Waals surface area contributed by atoms with E-state index in [9.17, 15) is 9.18 Å². The molecule has 0 unspecified atom stereocenters. The van der Waals surface area contributed by atoms with Crippen molar-refractivity contribution in [2.45, 2.75) is 31.5 Å². The van der Waals surface area contributed by atoms with E-state index >= 15 is 0 Å². The number of halogens is 1. The molecule has 0 aromatic rings. The number of rotatable bonds is 2. The van der Waals surface area contributed by atoms with Crippen molar-refractivity contribution in [3.63, 3.8) is 0 Å². The smallest absolute Gasteiger partial charge is 0.329 e. The summed E-state index contributed by atoms with van der Waals surface area (Å²) in [5, 5.41) is 0. The molecule has 1 rings (SSSR count). The van der Waals surface area contributed by atoms with Gasteiger partial charge in [0.15, 0.2) is 5.54 Å². The number of hydrogen-bond donors (Lipinski definition) is 1. The second-order valence-electron chi connectivity index (χ2n) is 3.66. The molecule has 1 saturated carbocycles. The van der Waals surface area contributed by atoms with E-state index in [0.717, 1.165) is 0 Å². The molecule has 0 amide bonds. The number of esters is 1. The average Bonchev–Trinajstić information content (AvgIpc) is 2.56. The van der Waals surface area contributed by atoms with Gasteiger partial charge in [-0.3, -0.25) is 0 Å². The number of carbonyl (C=O) groups is 1. The van der Waals surface area contributed by atoms with Gasteiger partial charge >= 0.3 is 5.97 Å². The Kier molecular flexibility index (Phi) is 1.91. The van der Waals surface area contributed by atoms with Crippen molar-refractivity contribution in [1.82, 2.24) is 0 Å². The highest BCUT2D eigenvalue weighted by molar-refractivity contribution is 5.87. The number of alkyl halides is 1. The van der Waals surface area contributed by atoms with Gasteiger partial charge in [0.25, 0.3) is 0 Å². The Balaban J connectivity index is 2.76. The molecule has 0 aliphatic heterocycles. The lowest BCUT2D eigenvalue weighted by molar-refractivity contribution is -0.145. The van der Waals surface area contributed by atoms with Crippen LogP contribution in [0.25, 0.3) is 0 Å². The predicted octanol–water partition coefficient (Wildman–Crippen LogP) is 0.625. The van der Waals surface area contributed by atoms with E-state index in [2.05, 4.69) is 4.74 Å². The third kappa shape index (κ3) is 0.941. The second kappa shape index (κ2) is 2.42. The Morgan fingerprint density at radius 2 is 2.17 bits per heavy atom. The van der Waals surface area contributed by atoms with Gasteiger partial charge in [0.1, 0.15) is 5.67 Å². The molecule has 2 atom stereocenters. The van der Waals surface area contributed by atoms with E-state index in [1.165, 1.54) is 7.11 Å². The molecule has 0 spiro atoms. The van der Waals surface area contributed by atoms with Crippen molar-refractivity contribution in [1.29, 1.82) is 0 Å². The fourth-order valence-corrected chi connectivity index (χ4v) is 1.50. The molecule has 0 radical (unpaired) electrons. The minimum atomic E-state index is -1.57. The highest BCUT2D eigenvalue weighted by Gasteiger charge is 2.73. The van der Waals surface area contributed by atoms with Crippen molar-refractivity contribution in [2.75, 3.05) is 7.11 Å². The van der Waals surface area contributed by atoms with Gasteiger partial charge in [-0.05, 0) is 5.92 Å². The van der Waals surface area contributed by atoms with Gasteiger partial charge in [-0.25, -0.2) is 9.18 Å². The second-order valence-corrected chi connectivity index (χ2v) is 3.66. The van der Waals surface area contributed by atoms with Crippen LogP contribution in [0, 0.1) is 5.92 Å². The summed E-state index contributed by atoms with van der Waals surface area (Å²) in [6.45, 7) is 3.41. The maximum absolute atomic E-state index is 13.7. The van der Waals surface area contributed by atoms with E-state index in [4.69, 9.17) is 5.73 Å². The minimum absolute atomic E-state index is 0.0737. The van der Waals surface area contributed by atoms with Crippen molar-refractivity contribution < 1.29 is 13.9 Å². The Morgan fingerprint density at radius 1 is 1.67 bits per heavy atom. The minimum Gasteiger partial charge on any atom is -0.468 e. The SMILES string of the molecule is COC(=O)[C@@]1(N)C[C@@]1(F)C(C)C. The predicted molar refractivity (Wildman–Crippen MR) is 42.2 cm³/mol. The van der Waals surface area contributed by atoms with Crippen LogP contribution in [0.5, 0.6) is 0 Å². The van der Waals surface area contributed by atoms with E-state index in [-0.39, 0.29) is 12.3 Å². The van der Waals surface area contributed by atoms with E-state index in [1.54, 1.807) is 13.8 Å². The summed E-state index contributed by atoms with van der Waals surface area (Å²) in [5.41, 5.74) is 2.57. The number of methoxy groups -OCH3 is 1. The summed E-state index contributed by atoms with van der Waals surface area (Å²) >= 11 is 0. The summed E-state index contributed by atoms with van der Waals surface area (Å²) < 4.78 is 18.1. The Hall–Kier alpha value is -0.640. The molecular weight excluding hydrogens is 161 g/mol. The Bertz CT molecular complexity index is 219. The lowest BCUT2D eigenvalue weighted by Crippen LogP contribution is -2.43. The van der Waals surface area contributed by atoms with Crippen molar-refractivity contribution in [3.05, 3.63) is 0 Å². The standard InChI is InChI=1S/C8H14FNO2/c1-5(2)7(9)4-8(7,10)6(11)12-3/h5H,4,10H2,1-3H3/t7-,8+/m1/s1. The summed E-state index contributed by atoms with van der Waals surface area (Å²) in [7, 11) is 1.22. The average molecular weight is 175 g/mol. The molecule has 0 aromatic carbocycles. The fourth-order valence-electron chi connectivity index (χ4n) is 1.50. The van der Waals surface area contributed by atoms with Gasteiger partial charge in [-0.15, -0.1) is 0 Å². The van der Waals surface area contributed by atoms with Gasteiger partial charge < -0.3 is 10.5 Å². The molecule has 1 aliphatic carbocycles. The first-order chi connectivity index (χ1) is 5.38. The molecule has 70 valence electrons. The number of hydrogen-bond acceptors (Lipinski definition) is 3. The zero-order chi connectivity index (χ0) is 9.57. The topological polar surface area (TPSA) is 52.3 Å². The maximum atomic E-state index is 13.7. The van der Waals surface area contributed by atoms with Crippen LogP contribution < -0.4 is 5.73 Å². The zero-order valence-corrected chi connectivity index (χ0v) is 7.56. The molecular formula is C8H14FNO2. The van der Waals surface area contributed by atoms with Crippen molar-refractivity contribution in [2.24, 2.45) is 11.7 Å². The lowest BCUT2D eigenvalue weighted by atomic mass is 10.0.